The predicted molar refractivity (Wildman–Crippen MR) is 149 cm³/mol. The van der Waals surface area contributed by atoms with Gasteiger partial charge in [0.2, 0.25) is 5.91 Å². The normalized spacial score (nSPS) is 11.7. The van der Waals surface area contributed by atoms with Crippen LogP contribution in [0.25, 0.3) is 22.5 Å². The molecule has 0 saturated carbocycles. The topological polar surface area (TPSA) is 49.0 Å². The Hall–Kier alpha value is -4.09. The van der Waals surface area contributed by atoms with Crippen molar-refractivity contribution in [3.8, 4) is 22.5 Å². The second-order valence-electron chi connectivity index (χ2n) is 8.36. The van der Waals surface area contributed by atoms with E-state index in [0.29, 0.717) is 6.42 Å². The summed E-state index contributed by atoms with van der Waals surface area (Å²) in [5.41, 5.74) is 5.63. The summed E-state index contributed by atoms with van der Waals surface area (Å²) in [6.45, 7) is 2.04. The molecule has 1 aromatic heterocycles. The number of aromatic nitrogens is 2. The first kappa shape index (κ1) is 23.6. The van der Waals surface area contributed by atoms with Crippen LogP contribution >= 0.6 is 11.8 Å². The quantitative estimate of drug-likeness (QED) is 0.225. The number of H-pyrrole nitrogens is 1. The summed E-state index contributed by atoms with van der Waals surface area (Å²) in [6, 6.07) is 40.0. The molecule has 0 spiro atoms. The Balaban J connectivity index is 1.50. The number of nitrogens with zero attached hydrogens (tertiary/aromatic N) is 2. The fraction of sp³-hybridized carbons (Fsp3) is 0.0968. The Labute approximate surface area is 216 Å². The molecule has 0 saturated heterocycles. The molecular formula is C31H27N3OS. The number of hydrogen-bond donors (Lipinski definition) is 1. The molecular weight excluding hydrogens is 462 g/mol. The Morgan fingerprint density at radius 2 is 1.22 bits per heavy atom. The van der Waals surface area contributed by atoms with E-state index in [4.69, 9.17) is 4.98 Å². The van der Waals surface area contributed by atoms with Crippen molar-refractivity contribution in [2.24, 2.45) is 0 Å². The molecule has 5 rings (SSSR count). The molecule has 0 aliphatic heterocycles. The Bertz CT molecular complexity index is 1310. The van der Waals surface area contributed by atoms with E-state index < -0.39 is 0 Å². The number of hydrogen-bond acceptors (Lipinski definition) is 3. The second kappa shape index (κ2) is 11.1. The minimum absolute atomic E-state index is 0.0267. The molecule has 36 heavy (non-hydrogen) atoms. The number of benzene rings is 4. The van der Waals surface area contributed by atoms with E-state index in [2.05, 4.69) is 29.2 Å². The van der Waals surface area contributed by atoms with Gasteiger partial charge in [0, 0.05) is 22.5 Å². The Morgan fingerprint density at radius 3 is 1.72 bits per heavy atom. The lowest BCUT2D eigenvalue weighted by Gasteiger charge is -2.26. The van der Waals surface area contributed by atoms with Crippen molar-refractivity contribution in [2.45, 2.75) is 23.8 Å². The van der Waals surface area contributed by atoms with Crippen LogP contribution in [0.4, 0.5) is 11.4 Å². The second-order valence-corrected chi connectivity index (χ2v) is 9.55. The highest BCUT2D eigenvalue weighted by Crippen LogP contribution is 2.36. The van der Waals surface area contributed by atoms with Crippen molar-refractivity contribution in [3.05, 3.63) is 121 Å². The molecule has 1 N–H and O–H groups in total. The highest BCUT2D eigenvalue weighted by atomic mass is 32.2. The molecule has 0 aliphatic rings. The van der Waals surface area contributed by atoms with Gasteiger partial charge in [0.25, 0.3) is 0 Å². The SMILES string of the molecule is CCC(Sc1nc(-c2ccccc2)c(-c2ccccc2)[nH]1)C(=O)N(c1ccccc1)c1ccccc1. The van der Waals surface area contributed by atoms with Gasteiger partial charge in [0.15, 0.2) is 5.16 Å². The molecule has 178 valence electrons. The van der Waals surface area contributed by atoms with E-state index >= 15 is 0 Å². The molecule has 1 amide bonds. The summed E-state index contributed by atoms with van der Waals surface area (Å²) in [5, 5.41) is 0.415. The summed E-state index contributed by atoms with van der Waals surface area (Å²) in [5.74, 6) is 0.0267. The zero-order chi connectivity index (χ0) is 24.7. The van der Waals surface area contributed by atoms with Gasteiger partial charge in [0.05, 0.1) is 16.6 Å². The van der Waals surface area contributed by atoms with E-state index in [-0.39, 0.29) is 11.2 Å². The molecule has 1 heterocycles. The first-order valence-electron chi connectivity index (χ1n) is 12.1. The van der Waals surface area contributed by atoms with Crippen LogP contribution in [0.15, 0.2) is 126 Å². The highest BCUT2D eigenvalue weighted by Gasteiger charge is 2.28. The maximum atomic E-state index is 14.0. The van der Waals surface area contributed by atoms with Gasteiger partial charge in [-0.05, 0) is 30.7 Å². The number of thioether (sulfide) groups is 1. The lowest BCUT2D eigenvalue weighted by atomic mass is 10.1. The minimum Gasteiger partial charge on any atom is -0.332 e. The van der Waals surface area contributed by atoms with Gasteiger partial charge < -0.3 is 4.98 Å². The fourth-order valence-electron chi connectivity index (χ4n) is 4.17. The van der Waals surface area contributed by atoms with Crippen molar-refractivity contribution in [2.75, 3.05) is 4.90 Å². The summed E-state index contributed by atoms with van der Waals surface area (Å²) in [4.78, 5) is 24.3. The first-order chi connectivity index (χ1) is 17.7. The molecule has 5 heteroatoms. The zero-order valence-electron chi connectivity index (χ0n) is 20.0. The maximum absolute atomic E-state index is 14.0. The van der Waals surface area contributed by atoms with Crippen LogP contribution in [-0.2, 0) is 4.79 Å². The Kier molecular flexibility index (Phi) is 7.29. The number of imidazole rings is 1. The zero-order valence-corrected chi connectivity index (χ0v) is 20.9. The third-order valence-electron chi connectivity index (χ3n) is 5.94. The molecule has 0 aliphatic carbocycles. The highest BCUT2D eigenvalue weighted by molar-refractivity contribution is 8.00. The number of amides is 1. The van der Waals surface area contributed by atoms with Gasteiger partial charge in [-0.2, -0.15) is 0 Å². The fourth-order valence-corrected chi connectivity index (χ4v) is 5.12. The van der Waals surface area contributed by atoms with E-state index in [9.17, 15) is 4.79 Å². The van der Waals surface area contributed by atoms with Crippen molar-refractivity contribution in [1.29, 1.82) is 0 Å². The molecule has 1 atom stereocenters. The molecule has 4 nitrogen and oxygen atoms in total. The number of para-hydroxylation sites is 2. The smallest absolute Gasteiger partial charge is 0.245 e. The molecule has 5 aromatic rings. The molecule has 1 unspecified atom stereocenters. The third kappa shape index (κ3) is 5.11. The van der Waals surface area contributed by atoms with Crippen LogP contribution in [-0.4, -0.2) is 21.1 Å². The van der Waals surface area contributed by atoms with E-state index in [1.807, 2.05) is 104 Å². The average Bonchev–Trinajstić information content (AvgIpc) is 3.38. The molecule has 0 radical (unpaired) electrons. The van der Waals surface area contributed by atoms with E-state index in [1.165, 1.54) is 11.8 Å². The number of nitrogens with one attached hydrogen (secondary N) is 1. The summed E-state index contributed by atoms with van der Waals surface area (Å²) >= 11 is 1.48. The number of anilines is 2. The van der Waals surface area contributed by atoms with Crippen LogP contribution in [0, 0.1) is 0 Å². The molecule has 4 aromatic carbocycles. The van der Waals surface area contributed by atoms with E-state index in [0.717, 1.165) is 39.0 Å². The maximum Gasteiger partial charge on any atom is 0.245 e. The average molecular weight is 490 g/mol. The predicted octanol–water partition coefficient (Wildman–Crippen LogP) is 7.98. The monoisotopic (exact) mass is 489 g/mol. The lowest BCUT2D eigenvalue weighted by molar-refractivity contribution is -0.117. The number of carbonyl (C=O) groups excluding carboxylic acids is 1. The largest absolute Gasteiger partial charge is 0.332 e. The van der Waals surface area contributed by atoms with Crippen molar-refractivity contribution in [3.63, 3.8) is 0 Å². The van der Waals surface area contributed by atoms with Crippen LogP contribution < -0.4 is 4.90 Å². The lowest BCUT2D eigenvalue weighted by Crippen LogP contribution is -2.34. The third-order valence-corrected chi connectivity index (χ3v) is 7.18. The standard InChI is InChI=1S/C31H27N3OS/c1-2-27(30(35)34(25-19-11-5-12-20-25)26-21-13-6-14-22-26)36-31-32-28(23-15-7-3-8-16-23)29(33-31)24-17-9-4-10-18-24/h3-22,27H,2H2,1H3,(H,32,33). The number of aromatic amines is 1. The first-order valence-corrected chi connectivity index (χ1v) is 12.9. The number of rotatable bonds is 8. The number of carbonyl (C=O) groups is 1. The van der Waals surface area contributed by atoms with Crippen molar-refractivity contribution >= 4 is 29.0 Å². The molecule has 0 bridgehead atoms. The van der Waals surface area contributed by atoms with Crippen LogP contribution in [0.1, 0.15) is 13.3 Å². The van der Waals surface area contributed by atoms with Gasteiger partial charge in [-0.3, -0.25) is 9.69 Å². The molecule has 0 fully saturated rings. The van der Waals surface area contributed by atoms with Crippen molar-refractivity contribution < 1.29 is 4.79 Å². The van der Waals surface area contributed by atoms with Gasteiger partial charge in [0.1, 0.15) is 0 Å². The van der Waals surface area contributed by atoms with Gasteiger partial charge in [-0.1, -0.05) is 116 Å². The summed E-state index contributed by atoms with van der Waals surface area (Å²) in [7, 11) is 0. The summed E-state index contributed by atoms with van der Waals surface area (Å²) < 4.78 is 0. The van der Waals surface area contributed by atoms with Crippen molar-refractivity contribution in [1.82, 2.24) is 9.97 Å². The van der Waals surface area contributed by atoms with Crippen LogP contribution in [0.3, 0.4) is 0 Å². The minimum atomic E-state index is -0.316. The summed E-state index contributed by atoms with van der Waals surface area (Å²) in [6.07, 6.45) is 0.668. The Morgan fingerprint density at radius 1 is 0.750 bits per heavy atom. The van der Waals surface area contributed by atoms with Crippen LogP contribution in [0.2, 0.25) is 0 Å². The van der Waals surface area contributed by atoms with Crippen LogP contribution in [0.5, 0.6) is 0 Å². The van der Waals surface area contributed by atoms with Gasteiger partial charge in [-0.15, -0.1) is 0 Å². The van der Waals surface area contributed by atoms with Gasteiger partial charge in [-0.25, -0.2) is 4.98 Å². The van der Waals surface area contributed by atoms with Gasteiger partial charge >= 0.3 is 0 Å². The van der Waals surface area contributed by atoms with E-state index in [1.54, 1.807) is 4.90 Å².